The maximum absolute atomic E-state index is 12.1. The molecule has 2 rings (SSSR count). The van der Waals surface area contributed by atoms with Gasteiger partial charge in [-0.05, 0) is 47.2 Å². The minimum Gasteiger partial charge on any atom is -0.396 e. The van der Waals surface area contributed by atoms with Crippen molar-refractivity contribution in [3.63, 3.8) is 0 Å². The molecule has 1 heterocycles. The highest BCUT2D eigenvalue weighted by Crippen LogP contribution is 2.28. The normalized spacial score (nSPS) is 18.2. The number of halogens is 1. The second kappa shape index (κ2) is 7.10. The zero-order valence-electron chi connectivity index (χ0n) is 11.0. The van der Waals surface area contributed by atoms with Crippen molar-refractivity contribution in [2.45, 2.75) is 44.6 Å². The highest BCUT2D eigenvalue weighted by Gasteiger charge is 2.25. The van der Waals surface area contributed by atoms with Gasteiger partial charge in [-0.15, -0.1) is 0 Å². The Bertz CT molecular complexity index is 413. The Labute approximate surface area is 122 Å². The average Bonchev–Trinajstić information content (AvgIpc) is 2.86. The van der Waals surface area contributed by atoms with Crippen LogP contribution in [0.1, 0.15) is 49.0 Å². The fourth-order valence-electron chi connectivity index (χ4n) is 2.85. The molecule has 1 fully saturated rings. The van der Waals surface area contributed by atoms with Gasteiger partial charge in [0.2, 0.25) is 0 Å². The molecule has 0 bridgehead atoms. The third kappa shape index (κ3) is 4.08. The molecule has 0 spiro atoms. The number of amides is 1. The minimum atomic E-state index is -0.0882. The molecular weight excluding hydrogens is 308 g/mol. The molecule has 0 saturated heterocycles. The van der Waals surface area contributed by atoms with Gasteiger partial charge in [-0.25, -0.2) is 0 Å². The molecule has 1 aliphatic carbocycles. The van der Waals surface area contributed by atoms with Crippen molar-refractivity contribution < 1.29 is 9.90 Å². The van der Waals surface area contributed by atoms with Gasteiger partial charge < -0.3 is 15.4 Å². The summed E-state index contributed by atoms with van der Waals surface area (Å²) in [5.74, 6) is 0.415. The van der Waals surface area contributed by atoms with Crippen molar-refractivity contribution in [1.29, 1.82) is 0 Å². The SMILES string of the molecule is O=C(NC(CCO)C1CCCCC1)c1cc(Br)c[nH]1. The van der Waals surface area contributed by atoms with Crippen LogP contribution in [0.4, 0.5) is 0 Å². The number of rotatable bonds is 5. The highest BCUT2D eigenvalue weighted by molar-refractivity contribution is 9.10. The smallest absolute Gasteiger partial charge is 0.267 e. The van der Waals surface area contributed by atoms with E-state index >= 15 is 0 Å². The summed E-state index contributed by atoms with van der Waals surface area (Å²) in [7, 11) is 0. The number of carbonyl (C=O) groups excluding carboxylic acids is 1. The number of hydrogen-bond donors (Lipinski definition) is 3. The molecule has 0 aromatic carbocycles. The van der Waals surface area contributed by atoms with Crippen LogP contribution >= 0.6 is 15.9 Å². The van der Waals surface area contributed by atoms with Crippen molar-refractivity contribution >= 4 is 21.8 Å². The average molecular weight is 329 g/mol. The molecule has 19 heavy (non-hydrogen) atoms. The summed E-state index contributed by atoms with van der Waals surface area (Å²) in [6.45, 7) is 0.121. The van der Waals surface area contributed by atoms with Crippen molar-refractivity contribution in [2.24, 2.45) is 5.92 Å². The van der Waals surface area contributed by atoms with Gasteiger partial charge in [0.25, 0.3) is 5.91 Å². The Morgan fingerprint density at radius 3 is 2.79 bits per heavy atom. The van der Waals surface area contributed by atoms with Gasteiger partial charge in [-0.1, -0.05) is 19.3 Å². The molecule has 5 heteroatoms. The van der Waals surface area contributed by atoms with Crippen LogP contribution in [0.3, 0.4) is 0 Å². The molecular formula is C14H21BrN2O2. The first-order chi connectivity index (χ1) is 9.20. The molecule has 1 aliphatic rings. The van der Waals surface area contributed by atoms with E-state index in [9.17, 15) is 9.90 Å². The number of hydrogen-bond acceptors (Lipinski definition) is 2. The van der Waals surface area contributed by atoms with Gasteiger partial charge in [0.15, 0.2) is 0 Å². The van der Waals surface area contributed by atoms with Crippen LogP contribution in [-0.2, 0) is 0 Å². The quantitative estimate of drug-likeness (QED) is 0.778. The minimum absolute atomic E-state index is 0.0832. The summed E-state index contributed by atoms with van der Waals surface area (Å²) in [6.07, 6.45) is 8.44. The van der Waals surface area contributed by atoms with E-state index in [2.05, 4.69) is 26.2 Å². The first-order valence-corrected chi connectivity index (χ1v) is 7.75. The Hall–Kier alpha value is -0.810. The first-order valence-electron chi connectivity index (χ1n) is 6.96. The van der Waals surface area contributed by atoms with E-state index < -0.39 is 0 Å². The van der Waals surface area contributed by atoms with E-state index in [1.54, 1.807) is 12.3 Å². The molecule has 106 valence electrons. The molecule has 1 saturated carbocycles. The number of H-pyrrole nitrogens is 1. The molecule has 4 nitrogen and oxygen atoms in total. The highest BCUT2D eigenvalue weighted by atomic mass is 79.9. The number of nitrogens with one attached hydrogen (secondary N) is 2. The molecule has 1 amide bonds. The maximum atomic E-state index is 12.1. The molecule has 1 aromatic rings. The number of carbonyl (C=O) groups is 1. The lowest BCUT2D eigenvalue weighted by Crippen LogP contribution is -2.41. The van der Waals surface area contributed by atoms with Crippen LogP contribution in [-0.4, -0.2) is 28.6 Å². The number of aromatic amines is 1. The molecule has 3 N–H and O–H groups in total. The lowest BCUT2D eigenvalue weighted by atomic mass is 9.82. The van der Waals surface area contributed by atoms with Crippen molar-refractivity contribution in [3.8, 4) is 0 Å². The number of aliphatic hydroxyl groups is 1. The fraction of sp³-hybridized carbons (Fsp3) is 0.643. The summed E-state index contributed by atoms with van der Waals surface area (Å²) in [4.78, 5) is 15.1. The zero-order chi connectivity index (χ0) is 13.7. The topological polar surface area (TPSA) is 65.1 Å². The van der Waals surface area contributed by atoms with Crippen molar-refractivity contribution in [2.75, 3.05) is 6.61 Å². The Kier molecular flexibility index (Phi) is 5.45. The summed E-state index contributed by atoms with van der Waals surface area (Å²) < 4.78 is 0.869. The largest absolute Gasteiger partial charge is 0.396 e. The molecule has 1 aromatic heterocycles. The second-order valence-corrected chi connectivity index (χ2v) is 6.14. The van der Waals surface area contributed by atoms with Crippen LogP contribution in [0.15, 0.2) is 16.7 Å². The monoisotopic (exact) mass is 328 g/mol. The van der Waals surface area contributed by atoms with Gasteiger partial charge in [0.1, 0.15) is 5.69 Å². The van der Waals surface area contributed by atoms with E-state index in [0.717, 1.165) is 17.3 Å². The standard InChI is InChI=1S/C14H21BrN2O2/c15-11-8-13(16-9-11)14(19)17-12(6-7-18)10-4-2-1-3-5-10/h8-10,12,16,18H,1-7H2,(H,17,19). The summed E-state index contributed by atoms with van der Waals surface area (Å²) in [6, 6.07) is 1.85. The van der Waals surface area contributed by atoms with Crippen LogP contribution < -0.4 is 5.32 Å². The molecule has 1 atom stereocenters. The van der Waals surface area contributed by atoms with Gasteiger partial charge in [0.05, 0.1) is 0 Å². The van der Waals surface area contributed by atoms with E-state index in [-0.39, 0.29) is 18.6 Å². The number of aromatic nitrogens is 1. The van der Waals surface area contributed by atoms with E-state index in [1.165, 1.54) is 19.3 Å². The third-order valence-electron chi connectivity index (χ3n) is 3.87. The Morgan fingerprint density at radius 1 is 1.47 bits per heavy atom. The number of aliphatic hydroxyl groups excluding tert-OH is 1. The fourth-order valence-corrected chi connectivity index (χ4v) is 3.19. The van der Waals surface area contributed by atoms with Crippen LogP contribution in [0.2, 0.25) is 0 Å². The van der Waals surface area contributed by atoms with E-state index in [1.807, 2.05) is 0 Å². The van der Waals surface area contributed by atoms with Gasteiger partial charge in [-0.2, -0.15) is 0 Å². The first kappa shape index (κ1) is 14.6. The van der Waals surface area contributed by atoms with Gasteiger partial charge in [0, 0.05) is 23.3 Å². The Balaban J connectivity index is 1.97. The van der Waals surface area contributed by atoms with E-state index in [0.29, 0.717) is 18.0 Å². The van der Waals surface area contributed by atoms with Crippen molar-refractivity contribution in [3.05, 3.63) is 22.4 Å². The molecule has 0 radical (unpaired) electrons. The molecule has 0 aliphatic heterocycles. The summed E-state index contributed by atoms with van der Waals surface area (Å²) in [5, 5.41) is 12.3. The molecule has 1 unspecified atom stereocenters. The second-order valence-electron chi connectivity index (χ2n) is 5.22. The predicted octanol–water partition coefficient (Wildman–Crippen LogP) is 2.84. The lowest BCUT2D eigenvalue weighted by Gasteiger charge is -2.30. The van der Waals surface area contributed by atoms with Gasteiger partial charge >= 0.3 is 0 Å². The lowest BCUT2D eigenvalue weighted by molar-refractivity contribution is 0.0895. The third-order valence-corrected chi connectivity index (χ3v) is 4.33. The van der Waals surface area contributed by atoms with Crippen LogP contribution in [0, 0.1) is 5.92 Å². The van der Waals surface area contributed by atoms with Crippen LogP contribution in [0.25, 0.3) is 0 Å². The summed E-state index contributed by atoms with van der Waals surface area (Å²) >= 11 is 3.32. The maximum Gasteiger partial charge on any atom is 0.267 e. The zero-order valence-corrected chi connectivity index (χ0v) is 12.6. The van der Waals surface area contributed by atoms with Crippen LogP contribution in [0.5, 0.6) is 0 Å². The van der Waals surface area contributed by atoms with Gasteiger partial charge in [-0.3, -0.25) is 4.79 Å². The van der Waals surface area contributed by atoms with E-state index in [4.69, 9.17) is 0 Å². The van der Waals surface area contributed by atoms with Crippen molar-refractivity contribution in [1.82, 2.24) is 10.3 Å². The predicted molar refractivity (Wildman–Crippen MR) is 78.0 cm³/mol. The Morgan fingerprint density at radius 2 is 2.21 bits per heavy atom. The summed E-state index contributed by atoms with van der Waals surface area (Å²) in [5.41, 5.74) is 0.561.